The maximum Gasteiger partial charge on any atom is 0.191 e. The number of benzene rings is 1. The van der Waals surface area contributed by atoms with Gasteiger partial charge >= 0.3 is 0 Å². The summed E-state index contributed by atoms with van der Waals surface area (Å²) >= 11 is 0. The first-order chi connectivity index (χ1) is 13.2. The van der Waals surface area contributed by atoms with E-state index in [0.717, 1.165) is 49.2 Å². The highest BCUT2D eigenvalue weighted by atomic mass is 16.5. The van der Waals surface area contributed by atoms with Crippen LogP contribution in [-0.2, 0) is 11.3 Å². The topological polar surface area (TPSA) is 64.1 Å². The van der Waals surface area contributed by atoms with Gasteiger partial charge in [-0.05, 0) is 37.7 Å². The van der Waals surface area contributed by atoms with Gasteiger partial charge in [0, 0.05) is 38.9 Å². The number of guanidine groups is 1. The summed E-state index contributed by atoms with van der Waals surface area (Å²) in [6.45, 7) is 5.22. The molecule has 1 aliphatic rings. The van der Waals surface area contributed by atoms with Crippen LogP contribution in [0.1, 0.15) is 44.6 Å². The average Bonchev–Trinajstić information content (AvgIpc) is 3.17. The molecule has 2 N–H and O–H groups in total. The first kappa shape index (κ1) is 21.4. The Hall–Kier alpha value is -1.95. The first-order valence-electron chi connectivity index (χ1n) is 9.90. The van der Waals surface area contributed by atoms with Gasteiger partial charge in [-0.15, -0.1) is 0 Å². The summed E-state index contributed by atoms with van der Waals surface area (Å²) in [5.41, 5.74) is 1.35. The zero-order valence-corrected chi connectivity index (χ0v) is 17.3. The van der Waals surface area contributed by atoms with E-state index in [1.54, 1.807) is 21.3 Å². The highest BCUT2D eigenvalue weighted by Crippen LogP contribution is 2.40. The minimum absolute atomic E-state index is 0.320. The molecule has 0 bridgehead atoms. The van der Waals surface area contributed by atoms with Crippen LogP contribution < -0.4 is 20.1 Å². The molecule has 1 aromatic rings. The van der Waals surface area contributed by atoms with Gasteiger partial charge in [-0.2, -0.15) is 0 Å². The third kappa shape index (κ3) is 6.03. The Labute approximate surface area is 163 Å². The zero-order chi connectivity index (χ0) is 19.5. The molecule has 0 unspecified atom stereocenters. The third-order valence-corrected chi connectivity index (χ3v) is 5.43. The maximum atomic E-state index is 5.61. The van der Waals surface area contributed by atoms with Crippen LogP contribution >= 0.6 is 0 Å². The fourth-order valence-corrected chi connectivity index (χ4v) is 3.84. The minimum atomic E-state index is 0.320. The molecule has 2 rings (SSSR count). The molecule has 0 saturated heterocycles. The van der Waals surface area contributed by atoms with Crippen LogP contribution in [0.2, 0.25) is 0 Å². The standard InChI is InChI=1S/C21H35N3O3/c1-5-27-14-13-21(11-6-7-12-21)16-24-20(22-2)23-15-17-9-8-10-18(25-3)19(17)26-4/h8-10H,5-7,11-16H2,1-4H3,(H2,22,23,24). The third-order valence-electron chi connectivity index (χ3n) is 5.43. The van der Waals surface area contributed by atoms with E-state index in [9.17, 15) is 0 Å². The van der Waals surface area contributed by atoms with Crippen molar-refractivity contribution in [1.82, 2.24) is 10.6 Å². The van der Waals surface area contributed by atoms with E-state index in [0.29, 0.717) is 12.0 Å². The molecule has 1 saturated carbocycles. The van der Waals surface area contributed by atoms with Gasteiger partial charge < -0.3 is 24.8 Å². The summed E-state index contributed by atoms with van der Waals surface area (Å²) in [7, 11) is 5.12. The highest BCUT2D eigenvalue weighted by Gasteiger charge is 2.33. The Morgan fingerprint density at radius 3 is 2.56 bits per heavy atom. The van der Waals surface area contributed by atoms with E-state index in [2.05, 4.69) is 22.5 Å². The van der Waals surface area contributed by atoms with Crippen LogP contribution in [0.4, 0.5) is 0 Å². The SMILES string of the molecule is CCOCCC1(CNC(=NC)NCc2cccc(OC)c2OC)CCCC1. The molecule has 0 radical (unpaired) electrons. The van der Waals surface area contributed by atoms with Crippen molar-refractivity contribution in [2.75, 3.05) is 41.0 Å². The number of aliphatic imine (C=N–C) groups is 1. The summed E-state index contributed by atoms with van der Waals surface area (Å²) in [6, 6.07) is 5.90. The predicted molar refractivity (Wildman–Crippen MR) is 110 cm³/mol. The predicted octanol–water partition coefficient (Wildman–Crippen LogP) is 3.36. The maximum absolute atomic E-state index is 5.61. The molecule has 1 fully saturated rings. The fraction of sp³-hybridized carbons (Fsp3) is 0.667. The highest BCUT2D eigenvalue weighted by molar-refractivity contribution is 5.79. The molecule has 0 aromatic heterocycles. The summed E-state index contributed by atoms with van der Waals surface area (Å²) in [4.78, 5) is 4.38. The van der Waals surface area contributed by atoms with Gasteiger partial charge in [-0.25, -0.2) is 0 Å². The van der Waals surface area contributed by atoms with E-state index in [-0.39, 0.29) is 0 Å². The van der Waals surface area contributed by atoms with Crippen molar-refractivity contribution in [3.05, 3.63) is 23.8 Å². The van der Waals surface area contributed by atoms with Crippen LogP contribution in [0.3, 0.4) is 0 Å². The summed E-state index contributed by atoms with van der Waals surface area (Å²) in [5, 5.41) is 6.92. The first-order valence-corrected chi connectivity index (χ1v) is 9.90. The van der Waals surface area contributed by atoms with E-state index in [4.69, 9.17) is 14.2 Å². The number of ether oxygens (including phenoxy) is 3. The number of para-hydroxylation sites is 1. The van der Waals surface area contributed by atoms with E-state index in [1.165, 1.54) is 25.7 Å². The Morgan fingerprint density at radius 2 is 1.93 bits per heavy atom. The minimum Gasteiger partial charge on any atom is -0.493 e. The number of rotatable bonds is 10. The van der Waals surface area contributed by atoms with Crippen molar-refractivity contribution in [2.45, 2.75) is 45.6 Å². The summed E-state index contributed by atoms with van der Waals surface area (Å²) < 4.78 is 16.5. The number of nitrogens with one attached hydrogen (secondary N) is 2. The molecule has 0 aliphatic heterocycles. The van der Waals surface area contributed by atoms with Crippen LogP contribution in [-0.4, -0.2) is 47.0 Å². The van der Waals surface area contributed by atoms with Gasteiger partial charge in [-0.3, -0.25) is 4.99 Å². The van der Waals surface area contributed by atoms with Crippen LogP contribution in [0.25, 0.3) is 0 Å². The van der Waals surface area contributed by atoms with Gasteiger partial charge in [0.1, 0.15) is 0 Å². The lowest BCUT2D eigenvalue weighted by molar-refractivity contribution is 0.105. The number of nitrogens with zero attached hydrogens (tertiary/aromatic N) is 1. The normalized spacial score (nSPS) is 16.2. The number of methoxy groups -OCH3 is 2. The second-order valence-corrected chi connectivity index (χ2v) is 7.09. The number of hydrogen-bond donors (Lipinski definition) is 2. The molecule has 0 heterocycles. The van der Waals surface area contributed by atoms with Crippen molar-refractivity contribution in [1.29, 1.82) is 0 Å². The van der Waals surface area contributed by atoms with Crippen molar-refractivity contribution in [3.8, 4) is 11.5 Å². The summed E-state index contributed by atoms with van der Waals surface area (Å²) in [5.74, 6) is 2.30. The zero-order valence-electron chi connectivity index (χ0n) is 17.3. The molecule has 0 atom stereocenters. The van der Waals surface area contributed by atoms with Crippen LogP contribution in [0, 0.1) is 5.41 Å². The molecular formula is C21H35N3O3. The van der Waals surface area contributed by atoms with Crippen molar-refractivity contribution >= 4 is 5.96 Å². The molecule has 6 heteroatoms. The van der Waals surface area contributed by atoms with E-state index in [1.807, 2.05) is 18.2 Å². The second-order valence-electron chi connectivity index (χ2n) is 7.09. The van der Waals surface area contributed by atoms with Crippen molar-refractivity contribution in [2.24, 2.45) is 10.4 Å². The Bertz CT molecular complexity index is 598. The average molecular weight is 378 g/mol. The smallest absolute Gasteiger partial charge is 0.191 e. The van der Waals surface area contributed by atoms with Crippen LogP contribution in [0.15, 0.2) is 23.2 Å². The molecule has 6 nitrogen and oxygen atoms in total. The van der Waals surface area contributed by atoms with E-state index >= 15 is 0 Å². The second kappa shape index (κ2) is 11.0. The largest absolute Gasteiger partial charge is 0.493 e. The Kier molecular flexibility index (Phi) is 8.72. The molecule has 0 amide bonds. The number of hydrogen-bond acceptors (Lipinski definition) is 4. The van der Waals surface area contributed by atoms with Gasteiger partial charge in [0.15, 0.2) is 17.5 Å². The van der Waals surface area contributed by atoms with Crippen molar-refractivity contribution < 1.29 is 14.2 Å². The van der Waals surface area contributed by atoms with Gasteiger partial charge in [-0.1, -0.05) is 25.0 Å². The Morgan fingerprint density at radius 1 is 1.15 bits per heavy atom. The van der Waals surface area contributed by atoms with Gasteiger partial charge in [0.25, 0.3) is 0 Å². The lowest BCUT2D eigenvalue weighted by Crippen LogP contribution is -2.43. The van der Waals surface area contributed by atoms with Crippen molar-refractivity contribution in [3.63, 3.8) is 0 Å². The quantitative estimate of drug-likeness (QED) is 0.372. The van der Waals surface area contributed by atoms with Gasteiger partial charge in [0.2, 0.25) is 0 Å². The Balaban J connectivity index is 1.92. The lowest BCUT2D eigenvalue weighted by Gasteiger charge is -2.30. The molecule has 152 valence electrons. The van der Waals surface area contributed by atoms with Crippen LogP contribution in [0.5, 0.6) is 11.5 Å². The molecule has 27 heavy (non-hydrogen) atoms. The lowest BCUT2D eigenvalue weighted by atomic mass is 9.83. The molecular weight excluding hydrogens is 342 g/mol. The summed E-state index contributed by atoms with van der Waals surface area (Å²) in [6.07, 6.45) is 6.23. The molecule has 0 spiro atoms. The monoisotopic (exact) mass is 377 g/mol. The fourth-order valence-electron chi connectivity index (χ4n) is 3.84. The molecule has 1 aliphatic carbocycles. The van der Waals surface area contributed by atoms with E-state index < -0.39 is 0 Å². The molecule has 1 aromatic carbocycles. The van der Waals surface area contributed by atoms with Gasteiger partial charge in [0.05, 0.1) is 14.2 Å².